The van der Waals surface area contributed by atoms with E-state index in [1.165, 1.54) is 0 Å². The number of carbonyl (C=O) groups excluding carboxylic acids is 1. The van der Waals surface area contributed by atoms with Crippen LogP contribution in [0.5, 0.6) is 0 Å². The summed E-state index contributed by atoms with van der Waals surface area (Å²) in [5, 5.41) is 0.437. The van der Waals surface area contributed by atoms with Crippen LogP contribution < -0.4 is 0 Å². The first-order valence-electron chi connectivity index (χ1n) is 6.31. The summed E-state index contributed by atoms with van der Waals surface area (Å²) >= 11 is 11.7. The topological polar surface area (TPSA) is 42.4 Å². The van der Waals surface area contributed by atoms with Gasteiger partial charge in [-0.15, -0.1) is 0 Å². The number of nitrogens with zero attached hydrogens (tertiary/aromatic N) is 2. The van der Waals surface area contributed by atoms with Crippen molar-refractivity contribution in [3.05, 3.63) is 28.0 Å². The van der Waals surface area contributed by atoms with Crippen molar-refractivity contribution in [1.29, 1.82) is 0 Å². The first kappa shape index (κ1) is 14.6. The maximum Gasteiger partial charge on any atom is 0.256 e. The molecule has 1 fully saturated rings. The van der Waals surface area contributed by atoms with Crippen LogP contribution >= 0.6 is 23.2 Å². The molecule has 0 N–H and O–H groups in total. The monoisotopic (exact) mass is 302 g/mol. The fraction of sp³-hybridized carbons (Fsp3) is 0.538. The first-order valence-corrected chi connectivity index (χ1v) is 7.06. The van der Waals surface area contributed by atoms with Crippen molar-refractivity contribution in [3.63, 3.8) is 0 Å². The number of halogens is 2. The van der Waals surface area contributed by atoms with Gasteiger partial charge in [0.05, 0.1) is 12.2 Å². The number of ether oxygens (including phenoxy) is 1. The van der Waals surface area contributed by atoms with Gasteiger partial charge in [-0.2, -0.15) is 0 Å². The Hall–Kier alpha value is -0.840. The van der Waals surface area contributed by atoms with E-state index in [-0.39, 0.29) is 16.2 Å². The van der Waals surface area contributed by atoms with Gasteiger partial charge in [-0.3, -0.25) is 4.79 Å². The van der Waals surface area contributed by atoms with Crippen LogP contribution in [-0.4, -0.2) is 42.1 Å². The first-order chi connectivity index (χ1) is 9.11. The van der Waals surface area contributed by atoms with Gasteiger partial charge < -0.3 is 9.64 Å². The molecule has 4 nitrogen and oxygen atoms in total. The molecule has 0 bridgehead atoms. The van der Waals surface area contributed by atoms with E-state index in [2.05, 4.69) is 4.98 Å². The molecule has 1 atom stereocenters. The number of amides is 1. The SMILES string of the molecule is CCN(CC1CCOC1)C(=O)c1ccc(Cl)nc1Cl. The molecule has 1 unspecified atom stereocenters. The molecule has 1 aliphatic heterocycles. The molecular weight excluding hydrogens is 287 g/mol. The second kappa shape index (κ2) is 6.55. The lowest BCUT2D eigenvalue weighted by atomic mass is 10.1. The van der Waals surface area contributed by atoms with E-state index in [9.17, 15) is 4.79 Å². The summed E-state index contributed by atoms with van der Waals surface area (Å²) in [5.74, 6) is 0.298. The van der Waals surface area contributed by atoms with E-state index >= 15 is 0 Å². The van der Waals surface area contributed by atoms with Crippen LogP contribution in [0, 0.1) is 5.92 Å². The second-order valence-electron chi connectivity index (χ2n) is 4.55. The van der Waals surface area contributed by atoms with Gasteiger partial charge in [-0.05, 0) is 25.5 Å². The number of rotatable bonds is 4. The Morgan fingerprint density at radius 3 is 2.89 bits per heavy atom. The van der Waals surface area contributed by atoms with Gasteiger partial charge in [0.15, 0.2) is 0 Å². The quantitative estimate of drug-likeness (QED) is 0.803. The zero-order valence-electron chi connectivity index (χ0n) is 10.7. The number of hydrogen-bond donors (Lipinski definition) is 0. The Labute approximate surface area is 122 Å². The molecule has 6 heteroatoms. The summed E-state index contributed by atoms with van der Waals surface area (Å²) in [6.07, 6.45) is 0.996. The van der Waals surface area contributed by atoms with Crippen LogP contribution in [0.1, 0.15) is 23.7 Å². The van der Waals surface area contributed by atoms with Crippen molar-refractivity contribution in [2.45, 2.75) is 13.3 Å². The van der Waals surface area contributed by atoms with Crippen molar-refractivity contribution in [2.75, 3.05) is 26.3 Å². The Morgan fingerprint density at radius 1 is 1.53 bits per heavy atom. The van der Waals surface area contributed by atoms with Crippen LogP contribution in [0.15, 0.2) is 12.1 Å². The van der Waals surface area contributed by atoms with Crippen molar-refractivity contribution < 1.29 is 9.53 Å². The largest absolute Gasteiger partial charge is 0.381 e. The van der Waals surface area contributed by atoms with Crippen molar-refractivity contribution in [3.8, 4) is 0 Å². The normalized spacial score (nSPS) is 18.6. The third-order valence-electron chi connectivity index (χ3n) is 3.22. The van der Waals surface area contributed by atoms with Crippen LogP contribution in [0.2, 0.25) is 10.3 Å². The van der Waals surface area contributed by atoms with Crippen LogP contribution in [0.4, 0.5) is 0 Å². The minimum absolute atomic E-state index is 0.108. The molecule has 2 rings (SSSR count). The summed E-state index contributed by atoms with van der Waals surface area (Å²) in [4.78, 5) is 18.1. The third-order valence-corrected chi connectivity index (χ3v) is 3.72. The Balaban J connectivity index is 2.10. The summed E-state index contributed by atoms with van der Waals surface area (Å²) in [7, 11) is 0. The number of hydrogen-bond acceptors (Lipinski definition) is 3. The third kappa shape index (κ3) is 3.59. The highest BCUT2D eigenvalue weighted by molar-refractivity contribution is 6.34. The van der Waals surface area contributed by atoms with Crippen LogP contribution in [0.25, 0.3) is 0 Å². The van der Waals surface area contributed by atoms with Gasteiger partial charge in [0.25, 0.3) is 5.91 Å². The van der Waals surface area contributed by atoms with Gasteiger partial charge in [-0.1, -0.05) is 23.2 Å². The number of pyridine rings is 1. The maximum atomic E-state index is 12.4. The molecule has 0 saturated carbocycles. The Morgan fingerprint density at radius 2 is 2.32 bits per heavy atom. The highest BCUT2D eigenvalue weighted by Crippen LogP contribution is 2.20. The predicted molar refractivity (Wildman–Crippen MR) is 74.8 cm³/mol. The molecule has 1 aromatic rings. The highest BCUT2D eigenvalue weighted by atomic mass is 35.5. The molecule has 2 heterocycles. The molecule has 0 radical (unpaired) electrons. The highest BCUT2D eigenvalue weighted by Gasteiger charge is 2.23. The minimum Gasteiger partial charge on any atom is -0.381 e. The van der Waals surface area contributed by atoms with Gasteiger partial charge in [0.2, 0.25) is 0 Å². The molecular formula is C13H16Cl2N2O2. The molecule has 19 heavy (non-hydrogen) atoms. The van der Waals surface area contributed by atoms with E-state index in [4.69, 9.17) is 27.9 Å². The lowest BCUT2D eigenvalue weighted by Gasteiger charge is -2.24. The van der Waals surface area contributed by atoms with Crippen LogP contribution in [0.3, 0.4) is 0 Å². The van der Waals surface area contributed by atoms with Gasteiger partial charge in [-0.25, -0.2) is 4.98 Å². The zero-order chi connectivity index (χ0) is 13.8. The molecule has 104 valence electrons. The van der Waals surface area contributed by atoms with E-state index in [1.807, 2.05) is 6.92 Å². The lowest BCUT2D eigenvalue weighted by Crippen LogP contribution is -2.35. The van der Waals surface area contributed by atoms with Gasteiger partial charge in [0.1, 0.15) is 10.3 Å². The summed E-state index contributed by atoms with van der Waals surface area (Å²) < 4.78 is 5.33. The van der Waals surface area contributed by atoms with E-state index in [1.54, 1.807) is 17.0 Å². The van der Waals surface area contributed by atoms with E-state index in [0.29, 0.717) is 24.6 Å². The zero-order valence-corrected chi connectivity index (χ0v) is 12.2. The average Bonchev–Trinajstić information content (AvgIpc) is 2.88. The lowest BCUT2D eigenvalue weighted by molar-refractivity contribution is 0.0730. The molecule has 1 aromatic heterocycles. The summed E-state index contributed by atoms with van der Waals surface area (Å²) in [6, 6.07) is 3.20. The Bertz CT molecular complexity index is 462. The number of aromatic nitrogens is 1. The smallest absolute Gasteiger partial charge is 0.256 e. The Kier molecular flexibility index (Phi) is 5.02. The predicted octanol–water partition coefficient (Wildman–Crippen LogP) is 2.89. The molecule has 1 amide bonds. The van der Waals surface area contributed by atoms with E-state index in [0.717, 1.165) is 19.6 Å². The molecule has 0 aliphatic carbocycles. The molecule has 1 aliphatic rings. The summed E-state index contributed by atoms with van der Waals surface area (Å²) in [6.45, 7) is 4.77. The molecule has 0 spiro atoms. The fourth-order valence-corrected chi connectivity index (χ4v) is 2.56. The minimum atomic E-state index is -0.108. The standard InChI is InChI=1S/C13H16Cl2N2O2/c1-2-17(7-9-5-6-19-8-9)13(18)10-3-4-11(14)16-12(10)15/h3-4,9H,2,5-8H2,1H3. The van der Waals surface area contributed by atoms with Crippen molar-refractivity contribution >= 4 is 29.1 Å². The van der Waals surface area contributed by atoms with Crippen LogP contribution in [-0.2, 0) is 4.74 Å². The second-order valence-corrected chi connectivity index (χ2v) is 5.29. The average molecular weight is 303 g/mol. The molecule has 0 aromatic carbocycles. The fourth-order valence-electron chi connectivity index (χ4n) is 2.14. The van der Waals surface area contributed by atoms with E-state index < -0.39 is 0 Å². The van der Waals surface area contributed by atoms with Crippen molar-refractivity contribution in [1.82, 2.24) is 9.88 Å². The summed E-state index contributed by atoms with van der Waals surface area (Å²) in [5.41, 5.74) is 0.395. The van der Waals surface area contributed by atoms with Crippen molar-refractivity contribution in [2.24, 2.45) is 5.92 Å². The van der Waals surface area contributed by atoms with Gasteiger partial charge in [0, 0.05) is 25.6 Å². The molecule has 1 saturated heterocycles. The maximum absolute atomic E-state index is 12.4. The number of carbonyl (C=O) groups is 1. The van der Waals surface area contributed by atoms with Gasteiger partial charge >= 0.3 is 0 Å².